The van der Waals surface area contributed by atoms with Gasteiger partial charge in [0.1, 0.15) is 0 Å². The number of carbonyl (C=O) groups excluding carboxylic acids is 1. The van der Waals surface area contributed by atoms with Crippen LogP contribution in [0.15, 0.2) is 24.3 Å². The number of aryl methyl sites for hydroxylation is 1. The number of piperidine rings is 1. The number of amides is 1. The molecule has 0 N–H and O–H groups in total. The SMILES string of the molecule is CCOC[C@@H]1COCCC12CCN(C(=O)c1ccc(CC)cc1)CC2. The van der Waals surface area contributed by atoms with E-state index in [4.69, 9.17) is 9.47 Å². The largest absolute Gasteiger partial charge is 0.381 e. The molecule has 1 spiro atoms. The molecule has 0 aliphatic carbocycles. The molecule has 2 aliphatic rings. The maximum atomic E-state index is 12.8. The van der Waals surface area contributed by atoms with Crippen LogP contribution in [0.1, 0.15) is 49.0 Å². The topological polar surface area (TPSA) is 38.8 Å². The standard InChI is InChI=1S/C21H31NO3/c1-3-17-5-7-18(8-6-17)20(23)22-12-9-21(10-13-22)11-14-25-16-19(21)15-24-4-2/h5-8,19H,3-4,9-16H2,1-2H3/t19-/m1/s1. The normalized spacial score (nSPS) is 23.0. The number of likely N-dealkylation sites (tertiary alicyclic amines) is 1. The third-order valence-electron chi connectivity index (χ3n) is 6.11. The number of hydrogen-bond donors (Lipinski definition) is 0. The Morgan fingerprint density at radius 2 is 1.92 bits per heavy atom. The van der Waals surface area contributed by atoms with E-state index in [1.807, 2.05) is 24.0 Å². The lowest BCUT2D eigenvalue weighted by molar-refractivity contribution is -0.0956. The number of nitrogens with zero attached hydrogens (tertiary/aromatic N) is 1. The van der Waals surface area contributed by atoms with Crippen molar-refractivity contribution in [3.05, 3.63) is 35.4 Å². The Kier molecular flexibility index (Phi) is 6.13. The lowest BCUT2D eigenvalue weighted by atomic mass is 9.66. The van der Waals surface area contributed by atoms with Crippen LogP contribution in [0.25, 0.3) is 0 Å². The molecular formula is C21H31NO3. The molecule has 1 aromatic carbocycles. The van der Waals surface area contributed by atoms with Gasteiger partial charge in [-0.25, -0.2) is 0 Å². The molecule has 2 aliphatic heterocycles. The minimum atomic E-state index is 0.172. The summed E-state index contributed by atoms with van der Waals surface area (Å²) in [6, 6.07) is 8.07. The third kappa shape index (κ3) is 4.06. The van der Waals surface area contributed by atoms with E-state index in [-0.39, 0.29) is 11.3 Å². The summed E-state index contributed by atoms with van der Waals surface area (Å²) in [4.78, 5) is 14.8. The van der Waals surface area contributed by atoms with Crippen LogP contribution in [0.2, 0.25) is 0 Å². The van der Waals surface area contributed by atoms with Crippen molar-refractivity contribution in [3.63, 3.8) is 0 Å². The summed E-state index contributed by atoms with van der Waals surface area (Å²) in [5, 5.41) is 0. The number of benzene rings is 1. The highest BCUT2D eigenvalue weighted by molar-refractivity contribution is 5.94. The highest BCUT2D eigenvalue weighted by Crippen LogP contribution is 2.45. The van der Waals surface area contributed by atoms with E-state index in [9.17, 15) is 4.79 Å². The molecule has 3 rings (SSSR count). The molecule has 0 radical (unpaired) electrons. The van der Waals surface area contributed by atoms with E-state index in [0.717, 1.165) is 70.8 Å². The minimum absolute atomic E-state index is 0.172. The van der Waals surface area contributed by atoms with Gasteiger partial charge in [-0.15, -0.1) is 0 Å². The van der Waals surface area contributed by atoms with E-state index >= 15 is 0 Å². The summed E-state index contributed by atoms with van der Waals surface area (Å²) in [5.41, 5.74) is 2.37. The van der Waals surface area contributed by atoms with Crippen LogP contribution < -0.4 is 0 Å². The van der Waals surface area contributed by atoms with Crippen molar-refractivity contribution in [1.82, 2.24) is 4.90 Å². The van der Waals surface area contributed by atoms with Gasteiger partial charge in [-0.2, -0.15) is 0 Å². The first-order valence-electron chi connectivity index (χ1n) is 9.72. The Morgan fingerprint density at radius 1 is 1.20 bits per heavy atom. The summed E-state index contributed by atoms with van der Waals surface area (Å²) in [6.45, 7) is 9.04. The molecule has 25 heavy (non-hydrogen) atoms. The van der Waals surface area contributed by atoms with Crippen LogP contribution in [0, 0.1) is 11.3 Å². The van der Waals surface area contributed by atoms with Crippen molar-refractivity contribution < 1.29 is 14.3 Å². The van der Waals surface area contributed by atoms with E-state index in [2.05, 4.69) is 19.1 Å². The van der Waals surface area contributed by atoms with E-state index in [0.29, 0.717) is 5.92 Å². The van der Waals surface area contributed by atoms with Crippen LogP contribution in [0.5, 0.6) is 0 Å². The Morgan fingerprint density at radius 3 is 2.56 bits per heavy atom. The quantitative estimate of drug-likeness (QED) is 0.819. The summed E-state index contributed by atoms with van der Waals surface area (Å²) in [5.74, 6) is 0.633. The van der Waals surface area contributed by atoms with Crippen LogP contribution in [-0.2, 0) is 15.9 Å². The molecule has 2 saturated heterocycles. The van der Waals surface area contributed by atoms with Crippen molar-refractivity contribution in [3.8, 4) is 0 Å². The summed E-state index contributed by atoms with van der Waals surface area (Å²) in [6.07, 6.45) is 4.22. The smallest absolute Gasteiger partial charge is 0.253 e. The van der Waals surface area contributed by atoms with Gasteiger partial charge < -0.3 is 14.4 Å². The Bertz CT molecular complexity index is 561. The highest BCUT2D eigenvalue weighted by Gasteiger charge is 2.44. The fourth-order valence-electron chi connectivity index (χ4n) is 4.25. The highest BCUT2D eigenvalue weighted by atomic mass is 16.5. The van der Waals surface area contributed by atoms with Crippen molar-refractivity contribution in [2.75, 3.05) is 39.5 Å². The molecule has 1 atom stereocenters. The maximum absolute atomic E-state index is 12.8. The first kappa shape index (κ1) is 18.4. The molecule has 0 bridgehead atoms. The zero-order valence-corrected chi connectivity index (χ0v) is 15.6. The van der Waals surface area contributed by atoms with Crippen LogP contribution in [0.3, 0.4) is 0 Å². The number of rotatable bonds is 5. The van der Waals surface area contributed by atoms with E-state index < -0.39 is 0 Å². The fraction of sp³-hybridized carbons (Fsp3) is 0.667. The van der Waals surface area contributed by atoms with Gasteiger partial charge >= 0.3 is 0 Å². The van der Waals surface area contributed by atoms with Crippen LogP contribution in [0.4, 0.5) is 0 Å². The first-order chi connectivity index (χ1) is 12.2. The van der Waals surface area contributed by atoms with Gasteiger partial charge in [-0.05, 0) is 55.7 Å². The van der Waals surface area contributed by atoms with Crippen molar-refractivity contribution >= 4 is 5.91 Å². The average molecular weight is 345 g/mol. The second-order valence-electron chi connectivity index (χ2n) is 7.39. The average Bonchev–Trinajstić information content (AvgIpc) is 2.67. The van der Waals surface area contributed by atoms with Crippen molar-refractivity contribution in [2.45, 2.75) is 39.5 Å². The first-order valence-corrected chi connectivity index (χ1v) is 9.72. The Balaban J connectivity index is 1.62. The second kappa shape index (κ2) is 8.33. The zero-order chi connectivity index (χ0) is 17.7. The molecular weight excluding hydrogens is 314 g/mol. The van der Waals surface area contributed by atoms with E-state index in [1.54, 1.807) is 0 Å². The van der Waals surface area contributed by atoms with Gasteiger partial charge in [-0.3, -0.25) is 4.79 Å². The fourth-order valence-corrected chi connectivity index (χ4v) is 4.25. The molecule has 4 nitrogen and oxygen atoms in total. The van der Waals surface area contributed by atoms with Crippen LogP contribution in [-0.4, -0.2) is 50.3 Å². The Labute approximate surface area is 151 Å². The van der Waals surface area contributed by atoms with Gasteiger partial charge in [0.25, 0.3) is 5.91 Å². The predicted molar refractivity (Wildman–Crippen MR) is 98.8 cm³/mol. The molecule has 138 valence electrons. The van der Waals surface area contributed by atoms with Gasteiger partial charge in [0, 0.05) is 37.8 Å². The lowest BCUT2D eigenvalue weighted by Crippen LogP contribution is -2.50. The summed E-state index contributed by atoms with van der Waals surface area (Å²) >= 11 is 0. The van der Waals surface area contributed by atoms with Gasteiger partial charge in [-0.1, -0.05) is 19.1 Å². The zero-order valence-electron chi connectivity index (χ0n) is 15.6. The van der Waals surface area contributed by atoms with Crippen molar-refractivity contribution in [1.29, 1.82) is 0 Å². The monoisotopic (exact) mass is 345 g/mol. The number of ether oxygens (including phenoxy) is 2. The molecule has 1 aromatic rings. The molecule has 0 aromatic heterocycles. The molecule has 0 unspecified atom stereocenters. The third-order valence-corrected chi connectivity index (χ3v) is 6.11. The molecule has 4 heteroatoms. The van der Waals surface area contributed by atoms with Gasteiger partial charge in [0.05, 0.1) is 13.2 Å². The van der Waals surface area contributed by atoms with Crippen LogP contribution >= 0.6 is 0 Å². The van der Waals surface area contributed by atoms with Crippen molar-refractivity contribution in [2.24, 2.45) is 11.3 Å². The van der Waals surface area contributed by atoms with E-state index in [1.165, 1.54) is 5.56 Å². The minimum Gasteiger partial charge on any atom is -0.381 e. The lowest BCUT2D eigenvalue weighted by Gasteiger charge is -2.49. The maximum Gasteiger partial charge on any atom is 0.253 e. The summed E-state index contributed by atoms with van der Waals surface area (Å²) in [7, 11) is 0. The molecule has 2 fully saturated rings. The second-order valence-corrected chi connectivity index (χ2v) is 7.39. The number of hydrogen-bond acceptors (Lipinski definition) is 3. The molecule has 1 amide bonds. The Hall–Kier alpha value is -1.39. The predicted octanol–water partition coefficient (Wildman–Crippen LogP) is 3.54. The van der Waals surface area contributed by atoms with Gasteiger partial charge in [0.2, 0.25) is 0 Å². The summed E-state index contributed by atoms with van der Waals surface area (Å²) < 4.78 is 11.4. The van der Waals surface area contributed by atoms with Gasteiger partial charge in [0.15, 0.2) is 0 Å². The molecule has 0 saturated carbocycles. The number of carbonyl (C=O) groups is 1. The molecule has 2 heterocycles.